The van der Waals surface area contributed by atoms with Crippen molar-refractivity contribution >= 4 is 23.3 Å². The fourth-order valence-corrected chi connectivity index (χ4v) is 1.55. The summed E-state index contributed by atoms with van der Waals surface area (Å²) in [6.45, 7) is 3.99. The van der Waals surface area contributed by atoms with Crippen LogP contribution in [-0.4, -0.2) is 32.7 Å². The molecule has 0 fully saturated rings. The van der Waals surface area contributed by atoms with Gasteiger partial charge in [-0.1, -0.05) is 25.4 Å². The summed E-state index contributed by atoms with van der Waals surface area (Å²) in [4.78, 5) is 19.5. The number of hydrogen-bond donors (Lipinski definition) is 0. The Hall–Kier alpha value is -1.69. The zero-order chi connectivity index (χ0) is 12.6. The number of halogens is 1. The van der Waals surface area contributed by atoms with Gasteiger partial charge in [0.2, 0.25) is 0 Å². The van der Waals surface area contributed by atoms with Crippen LogP contribution in [0.5, 0.6) is 0 Å². The minimum absolute atomic E-state index is 0.0530. The van der Waals surface area contributed by atoms with Gasteiger partial charge < -0.3 is 4.74 Å². The van der Waals surface area contributed by atoms with Gasteiger partial charge in [-0.25, -0.2) is 9.78 Å². The number of aromatic nitrogens is 4. The maximum atomic E-state index is 11.3. The van der Waals surface area contributed by atoms with E-state index < -0.39 is 5.97 Å². The number of carbonyl (C=O) groups excluding carboxylic acids is 1. The van der Waals surface area contributed by atoms with E-state index in [1.165, 1.54) is 11.6 Å². The van der Waals surface area contributed by atoms with Crippen LogP contribution in [0.25, 0.3) is 5.78 Å². The predicted molar refractivity (Wildman–Crippen MR) is 61.2 cm³/mol. The van der Waals surface area contributed by atoms with Crippen LogP contribution < -0.4 is 0 Å². The van der Waals surface area contributed by atoms with E-state index in [4.69, 9.17) is 11.6 Å². The molecular formula is C10H11ClN4O2. The van der Waals surface area contributed by atoms with Crippen molar-refractivity contribution in [2.45, 2.75) is 19.8 Å². The van der Waals surface area contributed by atoms with Gasteiger partial charge in [-0.05, 0) is 12.0 Å². The molecule has 0 amide bonds. The van der Waals surface area contributed by atoms with Crippen LogP contribution >= 0.6 is 11.6 Å². The molecule has 90 valence electrons. The normalized spacial score (nSPS) is 11.1. The second-order valence-corrected chi connectivity index (χ2v) is 4.18. The van der Waals surface area contributed by atoms with Gasteiger partial charge >= 0.3 is 5.97 Å². The summed E-state index contributed by atoms with van der Waals surface area (Å²) in [5.41, 5.74) is 0.798. The van der Waals surface area contributed by atoms with Crippen LogP contribution in [0.15, 0.2) is 6.07 Å². The van der Waals surface area contributed by atoms with Gasteiger partial charge in [0.15, 0.2) is 0 Å². The van der Waals surface area contributed by atoms with E-state index in [0.29, 0.717) is 10.9 Å². The Morgan fingerprint density at radius 2 is 2.18 bits per heavy atom. The monoisotopic (exact) mass is 254 g/mol. The zero-order valence-electron chi connectivity index (χ0n) is 9.64. The molecule has 2 heterocycles. The zero-order valence-corrected chi connectivity index (χ0v) is 10.4. The third-order valence-corrected chi connectivity index (χ3v) is 2.52. The molecule has 0 saturated carbocycles. The number of fused-ring (bicyclic) bond motifs is 1. The molecule has 7 heteroatoms. The average Bonchev–Trinajstić information content (AvgIpc) is 2.72. The first kappa shape index (κ1) is 11.8. The molecule has 0 saturated heterocycles. The Bertz CT molecular complexity index is 579. The number of ether oxygens (including phenoxy) is 1. The number of hydrogen-bond acceptors (Lipinski definition) is 5. The molecule has 0 aromatic carbocycles. The Morgan fingerprint density at radius 3 is 2.76 bits per heavy atom. The lowest BCUT2D eigenvalue weighted by Gasteiger charge is -2.04. The number of esters is 1. The topological polar surface area (TPSA) is 69.4 Å². The molecule has 0 aliphatic carbocycles. The highest BCUT2D eigenvalue weighted by atomic mass is 35.5. The third-order valence-electron chi connectivity index (χ3n) is 2.25. The summed E-state index contributed by atoms with van der Waals surface area (Å²) in [7, 11) is 1.27. The van der Waals surface area contributed by atoms with Crippen molar-refractivity contribution in [3.8, 4) is 0 Å². The quantitative estimate of drug-likeness (QED) is 0.602. The van der Waals surface area contributed by atoms with Gasteiger partial charge in [-0.2, -0.15) is 9.50 Å². The van der Waals surface area contributed by atoms with E-state index in [9.17, 15) is 4.79 Å². The molecule has 0 N–H and O–H groups in total. The van der Waals surface area contributed by atoms with Crippen molar-refractivity contribution in [1.29, 1.82) is 0 Å². The molecular weight excluding hydrogens is 244 g/mol. The van der Waals surface area contributed by atoms with Gasteiger partial charge in [-0.15, -0.1) is 5.10 Å². The molecule has 0 atom stereocenters. The molecule has 0 bridgehead atoms. The van der Waals surface area contributed by atoms with Gasteiger partial charge in [-0.3, -0.25) is 0 Å². The smallest absolute Gasteiger partial charge is 0.378 e. The summed E-state index contributed by atoms with van der Waals surface area (Å²) in [5.74, 6) is -0.155. The van der Waals surface area contributed by atoms with E-state index in [2.05, 4.69) is 19.8 Å². The van der Waals surface area contributed by atoms with Crippen LogP contribution in [0, 0.1) is 0 Å². The summed E-state index contributed by atoms with van der Waals surface area (Å²) in [6, 6.07) is 1.70. The predicted octanol–water partition coefficient (Wildman–Crippen LogP) is 1.69. The van der Waals surface area contributed by atoms with Crippen molar-refractivity contribution < 1.29 is 9.53 Å². The number of nitrogens with zero attached hydrogens (tertiary/aromatic N) is 4. The second-order valence-electron chi connectivity index (χ2n) is 3.80. The molecule has 0 unspecified atom stereocenters. The molecule has 0 aliphatic rings. The maximum Gasteiger partial charge on any atom is 0.378 e. The van der Waals surface area contributed by atoms with Crippen LogP contribution in [-0.2, 0) is 4.74 Å². The summed E-state index contributed by atoms with van der Waals surface area (Å²) in [5, 5.41) is 4.28. The molecule has 2 aromatic heterocycles. The molecule has 0 radical (unpaired) electrons. The molecule has 2 rings (SSSR count). The SMILES string of the molecule is COC(=O)c1nc2nc(C(C)C)cc(Cl)n2n1. The van der Waals surface area contributed by atoms with Crippen LogP contribution in [0.3, 0.4) is 0 Å². The molecule has 17 heavy (non-hydrogen) atoms. The minimum atomic E-state index is -0.613. The Morgan fingerprint density at radius 1 is 1.47 bits per heavy atom. The number of rotatable bonds is 2. The Kier molecular flexibility index (Phi) is 2.97. The summed E-state index contributed by atoms with van der Waals surface area (Å²) in [6.07, 6.45) is 0. The minimum Gasteiger partial charge on any atom is -0.463 e. The molecule has 0 spiro atoms. The first-order valence-electron chi connectivity index (χ1n) is 5.04. The number of carbonyl (C=O) groups is 1. The van der Waals surface area contributed by atoms with Gasteiger partial charge in [0.05, 0.1) is 12.8 Å². The van der Waals surface area contributed by atoms with E-state index in [-0.39, 0.29) is 11.7 Å². The van der Waals surface area contributed by atoms with E-state index >= 15 is 0 Å². The first-order chi connectivity index (χ1) is 8.02. The highest BCUT2D eigenvalue weighted by Gasteiger charge is 2.16. The standard InChI is InChI=1S/C10H11ClN4O2/c1-5(2)6-4-7(11)15-10(12-6)13-8(14-15)9(16)17-3/h4-5H,1-3H3. The Labute approximate surface area is 103 Å². The molecule has 0 aliphatic heterocycles. The van der Waals surface area contributed by atoms with Gasteiger partial charge in [0.1, 0.15) is 5.15 Å². The lowest BCUT2D eigenvalue weighted by atomic mass is 10.1. The summed E-state index contributed by atoms with van der Waals surface area (Å²) >= 11 is 6.04. The van der Waals surface area contributed by atoms with E-state index in [0.717, 1.165) is 5.69 Å². The highest BCUT2D eigenvalue weighted by molar-refractivity contribution is 6.29. The Balaban J connectivity index is 2.60. The van der Waals surface area contributed by atoms with Crippen LogP contribution in [0.4, 0.5) is 0 Å². The van der Waals surface area contributed by atoms with Crippen molar-refractivity contribution in [1.82, 2.24) is 19.6 Å². The lowest BCUT2D eigenvalue weighted by molar-refractivity contribution is 0.0587. The maximum absolute atomic E-state index is 11.3. The fourth-order valence-electron chi connectivity index (χ4n) is 1.32. The van der Waals surface area contributed by atoms with Gasteiger partial charge in [0.25, 0.3) is 11.6 Å². The average molecular weight is 255 g/mol. The number of methoxy groups -OCH3 is 1. The fraction of sp³-hybridized carbons (Fsp3) is 0.400. The van der Waals surface area contributed by atoms with Crippen LogP contribution in [0.1, 0.15) is 36.1 Å². The van der Waals surface area contributed by atoms with Crippen molar-refractivity contribution in [3.05, 3.63) is 22.7 Å². The van der Waals surface area contributed by atoms with E-state index in [1.807, 2.05) is 13.8 Å². The second kappa shape index (κ2) is 4.29. The van der Waals surface area contributed by atoms with Crippen molar-refractivity contribution in [3.63, 3.8) is 0 Å². The van der Waals surface area contributed by atoms with Gasteiger partial charge in [0, 0.05) is 0 Å². The largest absolute Gasteiger partial charge is 0.463 e. The lowest BCUT2D eigenvalue weighted by Crippen LogP contribution is -2.03. The molecule has 2 aromatic rings. The first-order valence-corrected chi connectivity index (χ1v) is 5.42. The van der Waals surface area contributed by atoms with Crippen molar-refractivity contribution in [2.24, 2.45) is 0 Å². The third kappa shape index (κ3) is 2.08. The van der Waals surface area contributed by atoms with E-state index in [1.54, 1.807) is 6.07 Å². The molecule has 6 nitrogen and oxygen atoms in total. The van der Waals surface area contributed by atoms with Crippen LogP contribution in [0.2, 0.25) is 5.15 Å². The van der Waals surface area contributed by atoms with Crippen molar-refractivity contribution in [2.75, 3.05) is 7.11 Å². The highest BCUT2D eigenvalue weighted by Crippen LogP contribution is 2.18. The summed E-state index contributed by atoms with van der Waals surface area (Å²) < 4.78 is 5.84.